The van der Waals surface area contributed by atoms with Gasteiger partial charge in [-0.3, -0.25) is 0 Å². The zero-order valence-electron chi connectivity index (χ0n) is 8.80. The van der Waals surface area contributed by atoms with Crippen LogP contribution >= 0.6 is 23.2 Å². The van der Waals surface area contributed by atoms with Crippen LogP contribution in [0.3, 0.4) is 0 Å². The fraction of sp³-hybridized carbons (Fsp3) is 0.333. The third kappa shape index (κ3) is 3.13. The lowest BCUT2D eigenvalue weighted by atomic mass is 10.2. The molecular weight excluding hydrogens is 307 g/mol. The van der Waals surface area contributed by atoms with Crippen LogP contribution < -0.4 is 0 Å². The topological polar surface area (TPSA) is 68.3 Å². The molecule has 0 saturated heterocycles. The maximum absolute atomic E-state index is 11.8. The molecule has 1 rings (SSSR count). The standard InChI is InChI=1S/C9H10Cl2O4S2/c1-16(12,13)9(10,11)17(14,15)7-8-5-3-2-4-6-8/h2-6H,7H2,1H3. The van der Waals surface area contributed by atoms with Gasteiger partial charge in [0.2, 0.25) is 9.84 Å². The van der Waals surface area contributed by atoms with Gasteiger partial charge in [-0.15, -0.1) is 0 Å². The molecule has 0 saturated carbocycles. The molecule has 0 radical (unpaired) electrons. The Morgan fingerprint density at radius 1 is 1.06 bits per heavy atom. The van der Waals surface area contributed by atoms with Gasteiger partial charge >= 0.3 is 3.00 Å². The van der Waals surface area contributed by atoms with E-state index in [1.54, 1.807) is 30.3 Å². The summed E-state index contributed by atoms with van der Waals surface area (Å²) >= 11 is 10.9. The van der Waals surface area contributed by atoms with Gasteiger partial charge in [0, 0.05) is 6.26 Å². The monoisotopic (exact) mass is 316 g/mol. The average Bonchev–Trinajstić information content (AvgIpc) is 2.16. The minimum absolute atomic E-state index is 0.418. The molecule has 8 heteroatoms. The number of alkyl halides is 2. The van der Waals surface area contributed by atoms with Crippen LogP contribution in [0.5, 0.6) is 0 Å². The van der Waals surface area contributed by atoms with Crippen LogP contribution in [0.25, 0.3) is 0 Å². The molecule has 4 nitrogen and oxygen atoms in total. The molecular formula is C9H10Cl2O4S2. The lowest BCUT2D eigenvalue weighted by Gasteiger charge is -2.17. The van der Waals surface area contributed by atoms with Crippen molar-refractivity contribution in [3.05, 3.63) is 35.9 Å². The van der Waals surface area contributed by atoms with Gasteiger partial charge in [0.1, 0.15) is 0 Å². The van der Waals surface area contributed by atoms with E-state index in [0.717, 1.165) is 0 Å². The summed E-state index contributed by atoms with van der Waals surface area (Å²) in [5, 5.41) is 0. The molecule has 0 aliphatic heterocycles. The van der Waals surface area contributed by atoms with Crippen molar-refractivity contribution < 1.29 is 16.8 Å². The van der Waals surface area contributed by atoms with Crippen molar-refractivity contribution in [1.29, 1.82) is 0 Å². The maximum Gasteiger partial charge on any atom is 0.318 e. The first-order chi connectivity index (χ1) is 7.58. The summed E-state index contributed by atoms with van der Waals surface area (Å²) in [6.07, 6.45) is 0.676. The van der Waals surface area contributed by atoms with Gasteiger partial charge in [-0.05, 0) is 5.56 Å². The fourth-order valence-corrected chi connectivity index (χ4v) is 4.26. The molecule has 0 fully saturated rings. The zero-order chi connectivity index (χ0) is 13.3. The number of benzene rings is 1. The van der Waals surface area contributed by atoms with Crippen LogP contribution in [0.4, 0.5) is 0 Å². The first-order valence-corrected chi connectivity index (χ1v) is 8.71. The highest BCUT2D eigenvalue weighted by atomic mass is 35.5. The molecule has 17 heavy (non-hydrogen) atoms. The number of sulfone groups is 2. The number of halogens is 2. The summed E-state index contributed by atoms with van der Waals surface area (Å²) in [6, 6.07) is 8.07. The molecule has 0 bridgehead atoms. The summed E-state index contributed by atoms with van der Waals surface area (Å²) in [6.45, 7) is 0. The highest BCUT2D eigenvalue weighted by Gasteiger charge is 2.49. The average molecular weight is 317 g/mol. The Morgan fingerprint density at radius 3 is 1.94 bits per heavy atom. The molecule has 0 atom stereocenters. The van der Waals surface area contributed by atoms with Crippen molar-refractivity contribution >= 4 is 42.9 Å². The van der Waals surface area contributed by atoms with E-state index in [0.29, 0.717) is 11.8 Å². The summed E-state index contributed by atoms with van der Waals surface area (Å²) in [5.74, 6) is -0.534. The first-order valence-electron chi connectivity index (χ1n) is 4.41. The van der Waals surface area contributed by atoms with Crippen LogP contribution in [-0.4, -0.2) is 26.1 Å². The molecule has 0 N–H and O–H groups in total. The molecule has 0 aromatic heterocycles. The SMILES string of the molecule is CS(=O)(=O)C(Cl)(Cl)S(=O)(=O)Cc1ccccc1. The molecule has 96 valence electrons. The number of rotatable bonds is 4. The van der Waals surface area contributed by atoms with E-state index in [4.69, 9.17) is 23.2 Å². The highest BCUT2D eigenvalue weighted by molar-refractivity contribution is 8.13. The van der Waals surface area contributed by atoms with E-state index in [-0.39, 0.29) is 0 Å². The van der Waals surface area contributed by atoms with Gasteiger partial charge in [0.25, 0.3) is 0 Å². The van der Waals surface area contributed by atoms with Gasteiger partial charge in [-0.1, -0.05) is 53.5 Å². The van der Waals surface area contributed by atoms with Crippen molar-refractivity contribution in [1.82, 2.24) is 0 Å². The Kier molecular flexibility index (Phi) is 4.13. The Bertz CT molecular complexity index is 591. The second-order valence-electron chi connectivity index (χ2n) is 3.48. The zero-order valence-corrected chi connectivity index (χ0v) is 11.9. The predicted octanol–water partition coefficient (Wildman–Crippen LogP) is 1.73. The number of hydrogen-bond donors (Lipinski definition) is 0. The van der Waals surface area contributed by atoms with Gasteiger partial charge in [0.15, 0.2) is 9.84 Å². The normalized spacial score (nSPS) is 13.6. The summed E-state index contributed by atoms with van der Waals surface area (Å²) in [7, 11) is -8.36. The predicted molar refractivity (Wildman–Crippen MR) is 68.3 cm³/mol. The van der Waals surface area contributed by atoms with Crippen LogP contribution in [-0.2, 0) is 25.4 Å². The second-order valence-corrected chi connectivity index (χ2v) is 10.2. The van der Waals surface area contributed by atoms with E-state index in [1.807, 2.05) is 0 Å². The summed E-state index contributed by atoms with van der Waals surface area (Å²) < 4.78 is 43.3. The lowest BCUT2D eigenvalue weighted by molar-refractivity contribution is 0.584. The van der Waals surface area contributed by atoms with Crippen molar-refractivity contribution in [2.45, 2.75) is 8.75 Å². The van der Waals surface area contributed by atoms with Crippen molar-refractivity contribution in [2.75, 3.05) is 6.26 Å². The van der Waals surface area contributed by atoms with E-state index < -0.39 is 28.4 Å². The third-order valence-corrected chi connectivity index (χ3v) is 9.06. The van der Waals surface area contributed by atoms with E-state index in [9.17, 15) is 16.8 Å². The fourth-order valence-electron chi connectivity index (χ4n) is 1.11. The van der Waals surface area contributed by atoms with Crippen molar-refractivity contribution in [3.63, 3.8) is 0 Å². The minimum Gasteiger partial charge on any atom is -0.225 e. The molecule has 1 aromatic carbocycles. The quantitative estimate of drug-likeness (QED) is 0.793. The van der Waals surface area contributed by atoms with Crippen molar-refractivity contribution in [2.24, 2.45) is 0 Å². The maximum atomic E-state index is 11.8. The summed E-state index contributed by atoms with van der Waals surface area (Å²) in [4.78, 5) is 0. The van der Waals surface area contributed by atoms with Crippen LogP contribution in [0.1, 0.15) is 5.56 Å². The molecule has 0 spiro atoms. The van der Waals surface area contributed by atoms with Gasteiger partial charge < -0.3 is 0 Å². The van der Waals surface area contributed by atoms with Crippen molar-refractivity contribution in [3.8, 4) is 0 Å². The van der Waals surface area contributed by atoms with Gasteiger partial charge in [-0.25, -0.2) is 16.8 Å². The Labute approximate surface area is 110 Å². The van der Waals surface area contributed by atoms with Crippen LogP contribution in [0.15, 0.2) is 30.3 Å². The number of hydrogen-bond acceptors (Lipinski definition) is 4. The lowest BCUT2D eigenvalue weighted by Crippen LogP contribution is -2.35. The Hall–Kier alpha value is -0.300. The third-order valence-electron chi connectivity index (χ3n) is 1.99. The Balaban J connectivity index is 3.15. The molecule has 0 aliphatic rings. The second kappa shape index (κ2) is 4.76. The molecule has 0 amide bonds. The largest absolute Gasteiger partial charge is 0.318 e. The minimum atomic E-state index is -4.23. The summed E-state index contributed by atoms with van der Waals surface area (Å²) in [5.41, 5.74) is 0.418. The molecule has 0 unspecified atom stereocenters. The Morgan fingerprint density at radius 2 is 1.53 bits per heavy atom. The highest BCUT2D eigenvalue weighted by Crippen LogP contribution is 2.36. The smallest absolute Gasteiger partial charge is 0.225 e. The van der Waals surface area contributed by atoms with E-state index >= 15 is 0 Å². The first kappa shape index (κ1) is 14.8. The molecule has 0 aliphatic carbocycles. The van der Waals surface area contributed by atoms with Gasteiger partial charge in [0.05, 0.1) is 5.75 Å². The van der Waals surface area contributed by atoms with E-state index in [2.05, 4.69) is 0 Å². The molecule has 1 aromatic rings. The molecule has 0 heterocycles. The van der Waals surface area contributed by atoms with Gasteiger partial charge in [-0.2, -0.15) is 0 Å². The van der Waals surface area contributed by atoms with Crippen LogP contribution in [0.2, 0.25) is 0 Å². The van der Waals surface area contributed by atoms with Crippen LogP contribution in [0, 0.1) is 0 Å². The van der Waals surface area contributed by atoms with E-state index in [1.165, 1.54) is 0 Å².